The average Bonchev–Trinajstić information content (AvgIpc) is 3.37. The molecule has 8 heteroatoms. The first-order valence-corrected chi connectivity index (χ1v) is 9.48. The Hall–Kier alpha value is -2.87. The van der Waals surface area contributed by atoms with Crippen molar-refractivity contribution in [3.63, 3.8) is 0 Å². The second-order valence-corrected chi connectivity index (χ2v) is 7.54. The number of nitrogens with one attached hydrogen (secondary N) is 1. The lowest BCUT2D eigenvalue weighted by atomic mass is 10.1. The van der Waals surface area contributed by atoms with Gasteiger partial charge in [-0.05, 0) is 57.1 Å². The number of ether oxygens (including phenoxy) is 1. The summed E-state index contributed by atoms with van der Waals surface area (Å²) in [5, 5.41) is 7.07. The minimum Gasteiger partial charge on any atom is -0.497 e. The average molecular weight is 383 g/mol. The number of rotatable bonds is 3. The number of methoxy groups -OCH3 is 1. The smallest absolute Gasteiger partial charge is 0.315 e. The van der Waals surface area contributed by atoms with Gasteiger partial charge >= 0.3 is 11.8 Å². The monoisotopic (exact) mass is 383 g/mol. The Morgan fingerprint density at radius 3 is 2.64 bits per heavy atom. The molecule has 0 spiro atoms. The van der Waals surface area contributed by atoms with Gasteiger partial charge in [-0.2, -0.15) is 0 Å². The molecule has 3 heterocycles. The molecule has 2 aliphatic heterocycles. The van der Waals surface area contributed by atoms with Crippen molar-refractivity contribution < 1.29 is 14.3 Å². The topological polar surface area (TPSA) is 79.7 Å². The number of amides is 2. The van der Waals surface area contributed by atoms with Crippen molar-refractivity contribution in [2.75, 3.05) is 39.1 Å². The van der Waals surface area contributed by atoms with Crippen molar-refractivity contribution in [1.82, 2.24) is 19.6 Å². The van der Waals surface area contributed by atoms with Crippen LogP contribution >= 0.6 is 0 Å². The van der Waals surface area contributed by atoms with Crippen molar-refractivity contribution >= 4 is 17.6 Å². The molecule has 4 rings (SSSR count). The third kappa shape index (κ3) is 3.35. The number of fused-ring (bicyclic) bond motifs is 1. The summed E-state index contributed by atoms with van der Waals surface area (Å²) >= 11 is 0. The van der Waals surface area contributed by atoms with Gasteiger partial charge in [0.25, 0.3) is 0 Å². The van der Waals surface area contributed by atoms with E-state index in [2.05, 4.69) is 22.4 Å². The van der Waals surface area contributed by atoms with Gasteiger partial charge in [-0.25, -0.2) is 4.68 Å². The van der Waals surface area contributed by atoms with Crippen molar-refractivity contribution in [3.8, 4) is 11.4 Å². The summed E-state index contributed by atoms with van der Waals surface area (Å²) in [5.74, 6) is 0.469. The number of aryl methyl sites for hydroxylation is 1. The van der Waals surface area contributed by atoms with Crippen LogP contribution in [-0.4, -0.2) is 71.2 Å². The van der Waals surface area contributed by atoms with Gasteiger partial charge in [-0.15, -0.1) is 5.10 Å². The number of benzene rings is 1. The molecule has 2 aliphatic rings. The van der Waals surface area contributed by atoms with Gasteiger partial charge in [0.05, 0.1) is 12.8 Å². The van der Waals surface area contributed by atoms with E-state index >= 15 is 0 Å². The molecule has 1 N–H and O–H groups in total. The standard InChI is InChI=1S/C20H25N5O3/c1-13-10-18(22-25(13)15-4-6-16(28-3)7-5-15)21-19(26)20(27)24-11-14-8-9-23(2)17(14)12-24/h4-7,10,14,17H,8-9,11-12H2,1-3H3,(H,21,22,26)/t14-,17+/m0/s1. The molecule has 2 fully saturated rings. The van der Waals surface area contributed by atoms with E-state index < -0.39 is 11.8 Å². The predicted molar refractivity (Wildman–Crippen MR) is 105 cm³/mol. The second kappa shape index (κ2) is 7.27. The summed E-state index contributed by atoms with van der Waals surface area (Å²) < 4.78 is 6.89. The van der Waals surface area contributed by atoms with Crippen LogP contribution in [0, 0.1) is 12.8 Å². The van der Waals surface area contributed by atoms with Crippen LogP contribution in [0.25, 0.3) is 5.69 Å². The van der Waals surface area contributed by atoms with E-state index in [0.717, 1.165) is 30.1 Å². The van der Waals surface area contributed by atoms with Crippen molar-refractivity contribution in [2.24, 2.45) is 5.92 Å². The third-order valence-electron chi connectivity index (χ3n) is 5.75. The largest absolute Gasteiger partial charge is 0.497 e. The summed E-state index contributed by atoms with van der Waals surface area (Å²) in [5.41, 5.74) is 1.70. The van der Waals surface area contributed by atoms with E-state index in [0.29, 0.717) is 30.9 Å². The van der Waals surface area contributed by atoms with Gasteiger partial charge in [-0.3, -0.25) is 9.59 Å². The fourth-order valence-electron chi connectivity index (χ4n) is 4.17. The Balaban J connectivity index is 1.43. The molecule has 8 nitrogen and oxygen atoms in total. The summed E-state index contributed by atoms with van der Waals surface area (Å²) in [4.78, 5) is 29.0. The number of hydrogen-bond donors (Lipinski definition) is 1. The lowest BCUT2D eigenvalue weighted by molar-refractivity contribution is -0.142. The summed E-state index contributed by atoms with van der Waals surface area (Å²) in [6.07, 6.45) is 1.08. The molecule has 2 saturated heterocycles. The molecule has 0 bridgehead atoms. The first kappa shape index (κ1) is 18.5. The minimum absolute atomic E-state index is 0.364. The number of likely N-dealkylation sites (tertiary alicyclic amines) is 2. The van der Waals surface area contributed by atoms with Crippen molar-refractivity contribution in [1.29, 1.82) is 0 Å². The molecule has 28 heavy (non-hydrogen) atoms. The Labute approximate surface area is 164 Å². The number of hydrogen-bond acceptors (Lipinski definition) is 5. The highest BCUT2D eigenvalue weighted by Gasteiger charge is 2.42. The van der Waals surface area contributed by atoms with Crippen LogP contribution in [0.15, 0.2) is 30.3 Å². The van der Waals surface area contributed by atoms with E-state index in [1.807, 2.05) is 31.2 Å². The van der Waals surface area contributed by atoms with Crippen molar-refractivity contribution in [2.45, 2.75) is 19.4 Å². The maximum Gasteiger partial charge on any atom is 0.315 e. The van der Waals surface area contributed by atoms with Gasteiger partial charge in [0.2, 0.25) is 0 Å². The van der Waals surface area contributed by atoms with Gasteiger partial charge in [0, 0.05) is 30.9 Å². The number of nitrogens with zero attached hydrogens (tertiary/aromatic N) is 4. The highest BCUT2D eigenvalue weighted by molar-refractivity contribution is 6.39. The lowest BCUT2D eigenvalue weighted by Crippen LogP contribution is -2.40. The third-order valence-corrected chi connectivity index (χ3v) is 5.75. The van der Waals surface area contributed by atoms with Crippen LogP contribution in [0.4, 0.5) is 5.82 Å². The number of likely N-dealkylation sites (N-methyl/N-ethyl adjacent to an activating group) is 1. The molecule has 2 atom stereocenters. The Morgan fingerprint density at radius 1 is 1.21 bits per heavy atom. The molecule has 2 amide bonds. The molecule has 148 valence electrons. The van der Waals surface area contributed by atoms with Gasteiger partial charge in [0.15, 0.2) is 5.82 Å². The number of aromatic nitrogens is 2. The molecule has 1 aromatic heterocycles. The van der Waals surface area contributed by atoms with Gasteiger partial charge in [0.1, 0.15) is 5.75 Å². The Kier molecular flexibility index (Phi) is 4.80. The second-order valence-electron chi connectivity index (χ2n) is 7.54. The van der Waals surface area contributed by atoms with Gasteiger partial charge < -0.3 is 19.9 Å². The quantitative estimate of drug-likeness (QED) is 0.808. The van der Waals surface area contributed by atoms with E-state index in [1.54, 1.807) is 22.8 Å². The highest BCUT2D eigenvalue weighted by Crippen LogP contribution is 2.30. The van der Waals surface area contributed by atoms with Crippen LogP contribution in [0.2, 0.25) is 0 Å². The Morgan fingerprint density at radius 2 is 1.96 bits per heavy atom. The SMILES string of the molecule is COc1ccc(-n2nc(NC(=O)C(=O)N3C[C@@H]4CCN(C)[C@@H]4C3)cc2C)cc1. The maximum atomic E-state index is 12.6. The molecular formula is C20H25N5O3. The highest BCUT2D eigenvalue weighted by atomic mass is 16.5. The number of anilines is 1. The zero-order valence-electron chi connectivity index (χ0n) is 16.4. The zero-order chi connectivity index (χ0) is 19.8. The normalized spacial score (nSPS) is 21.6. The van der Waals surface area contributed by atoms with Crippen LogP contribution in [-0.2, 0) is 9.59 Å². The van der Waals surface area contributed by atoms with Crippen LogP contribution in [0.3, 0.4) is 0 Å². The Bertz CT molecular complexity index is 892. The lowest BCUT2D eigenvalue weighted by Gasteiger charge is -2.20. The van der Waals surface area contributed by atoms with Crippen LogP contribution in [0.1, 0.15) is 12.1 Å². The van der Waals surface area contributed by atoms with Crippen LogP contribution in [0.5, 0.6) is 5.75 Å². The minimum atomic E-state index is -0.637. The van der Waals surface area contributed by atoms with E-state index in [4.69, 9.17) is 4.74 Å². The number of carbonyl (C=O) groups is 2. The van der Waals surface area contributed by atoms with E-state index in [-0.39, 0.29) is 0 Å². The fourth-order valence-corrected chi connectivity index (χ4v) is 4.17. The summed E-state index contributed by atoms with van der Waals surface area (Å²) in [6.45, 7) is 4.23. The fraction of sp³-hybridized carbons (Fsp3) is 0.450. The molecule has 0 unspecified atom stereocenters. The van der Waals surface area contributed by atoms with Crippen molar-refractivity contribution in [3.05, 3.63) is 36.0 Å². The first-order valence-electron chi connectivity index (χ1n) is 9.48. The van der Waals surface area contributed by atoms with E-state index in [9.17, 15) is 9.59 Å². The summed E-state index contributed by atoms with van der Waals surface area (Å²) in [7, 11) is 3.69. The summed E-state index contributed by atoms with van der Waals surface area (Å²) in [6, 6.07) is 9.58. The van der Waals surface area contributed by atoms with Crippen LogP contribution < -0.4 is 10.1 Å². The van der Waals surface area contributed by atoms with Gasteiger partial charge in [-0.1, -0.05) is 0 Å². The zero-order valence-corrected chi connectivity index (χ0v) is 16.4. The predicted octanol–water partition coefficient (Wildman–Crippen LogP) is 1.29. The molecular weight excluding hydrogens is 358 g/mol. The molecule has 1 aromatic carbocycles. The first-order chi connectivity index (χ1) is 13.5. The van der Waals surface area contributed by atoms with E-state index in [1.165, 1.54) is 0 Å². The number of carbonyl (C=O) groups excluding carboxylic acids is 2. The molecule has 0 aliphatic carbocycles. The molecule has 0 radical (unpaired) electrons. The maximum absolute atomic E-state index is 12.6. The molecule has 0 saturated carbocycles. The molecule has 2 aromatic rings.